The molecular weight excluding hydrogens is 468 g/mol. The molecule has 34 heavy (non-hydrogen) atoms. The summed E-state index contributed by atoms with van der Waals surface area (Å²) in [4.78, 5) is 26.7. The van der Waals surface area contributed by atoms with Gasteiger partial charge >= 0.3 is 0 Å². The van der Waals surface area contributed by atoms with Crippen LogP contribution in [-0.2, 0) is 0 Å². The Balaban J connectivity index is 1.37. The topological polar surface area (TPSA) is 92.2 Å². The number of hydrogen-bond donors (Lipinski definition) is 2. The van der Waals surface area contributed by atoms with Crippen LogP contribution >= 0.6 is 22.9 Å². The first-order valence-corrected chi connectivity index (χ1v) is 11.5. The quantitative estimate of drug-likeness (QED) is 0.231. The lowest BCUT2D eigenvalue weighted by Crippen LogP contribution is -2.18. The molecule has 5 aromatic rings. The number of anilines is 2. The first-order valence-electron chi connectivity index (χ1n) is 10.3. The minimum atomic E-state index is -0.353. The fourth-order valence-electron chi connectivity index (χ4n) is 3.33. The van der Waals surface area contributed by atoms with Gasteiger partial charge in [0.25, 0.3) is 5.91 Å². The average Bonchev–Trinajstić information content (AvgIpc) is 3.22. The van der Waals surface area contributed by atoms with Gasteiger partial charge in [0.15, 0.2) is 10.3 Å². The number of benzene rings is 2. The number of halogens is 1. The first-order chi connectivity index (χ1) is 16.7. The third kappa shape index (κ3) is 4.78. The van der Waals surface area contributed by atoms with Gasteiger partial charge in [0, 0.05) is 29.0 Å². The highest BCUT2D eigenvalue weighted by Crippen LogP contribution is 2.28. The summed E-state index contributed by atoms with van der Waals surface area (Å²) >= 11 is 7.59. The molecule has 0 aliphatic heterocycles. The van der Waals surface area contributed by atoms with E-state index in [0.717, 1.165) is 16.6 Å². The highest BCUT2D eigenvalue weighted by Gasteiger charge is 2.14. The highest BCUT2D eigenvalue weighted by molar-refractivity contribution is 7.17. The number of carbonyl (C=O) groups is 1. The van der Waals surface area contributed by atoms with Gasteiger partial charge < -0.3 is 5.32 Å². The molecule has 3 heterocycles. The molecule has 1 amide bonds. The zero-order valence-electron chi connectivity index (χ0n) is 17.6. The zero-order valence-corrected chi connectivity index (χ0v) is 19.2. The number of aromatic nitrogens is 3. The third-order valence-corrected chi connectivity index (χ3v) is 6.23. The monoisotopic (exact) mass is 484 g/mol. The first kappa shape index (κ1) is 21.7. The van der Waals surface area contributed by atoms with Crippen molar-refractivity contribution < 1.29 is 4.79 Å². The summed E-state index contributed by atoms with van der Waals surface area (Å²) in [5, 5.41) is 8.97. The number of nitrogens with zero attached hydrogens (tertiary/aromatic N) is 4. The summed E-state index contributed by atoms with van der Waals surface area (Å²) in [5.74, 6) is -0.353. The van der Waals surface area contributed by atoms with Crippen molar-refractivity contribution in [2.45, 2.75) is 0 Å². The number of thiazole rings is 1. The Morgan fingerprint density at radius 1 is 0.971 bits per heavy atom. The largest absolute Gasteiger partial charge is 0.331 e. The van der Waals surface area contributed by atoms with Gasteiger partial charge in [-0.05, 0) is 36.4 Å². The van der Waals surface area contributed by atoms with E-state index in [4.69, 9.17) is 11.6 Å². The van der Waals surface area contributed by atoms with Crippen LogP contribution in [0.4, 0.5) is 10.8 Å². The Morgan fingerprint density at radius 3 is 2.56 bits per heavy atom. The predicted octanol–water partition coefficient (Wildman–Crippen LogP) is 5.91. The van der Waals surface area contributed by atoms with E-state index < -0.39 is 0 Å². The van der Waals surface area contributed by atoms with Crippen molar-refractivity contribution in [1.82, 2.24) is 20.4 Å². The van der Waals surface area contributed by atoms with Crippen LogP contribution in [-0.4, -0.2) is 27.1 Å². The van der Waals surface area contributed by atoms with Crippen LogP contribution in [0.2, 0.25) is 5.15 Å². The molecule has 5 rings (SSSR count). The summed E-state index contributed by atoms with van der Waals surface area (Å²) in [7, 11) is 0. The molecule has 0 saturated carbocycles. The molecule has 3 aromatic heterocycles. The lowest BCUT2D eigenvalue weighted by Gasteiger charge is -2.08. The van der Waals surface area contributed by atoms with Crippen LogP contribution in [0.5, 0.6) is 0 Å². The molecule has 0 radical (unpaired) electrons. The summed E-state index contributed by atoms with van der Waals surface area (Å²) in [6, 6.07) is 22.6. The number of nitrogens with one attached hydrogen (secondary N) is 2. The van der Waals surface area contributed by atoms with E-state index in [2.05, 4.69) is 30.8 Å². The van der Waals surface area contributed by atoms with Crippen LogP contribution in [0.15, 0.2) is 90.3 Å². The molecule has 9 heteroatoms. The summed E-state index contributed by atoms with van der Waals surface area (Å²) in [6.45, 7) is 0. The van der Waals surface area contributed by atoms with Crippen molar-refractivity contribution in [3.05, 3.63) is 101 Å². The second-order valence-corrected chi connectivity index (χ2v) is 8.56. The maximum absolute atomic E-state index is 13.0. The van der Waals surface area contributed by atoms with Gasteiger partial charge in [-0.2, -0.15) is 5.10 Å². The lowest BCUT2D eigenvalue weighted by molar-refractivity contribution is 0.0956. The van der Waals surface area contributed by atoms with Crippen molar-refractivity contribution in [1.29, 1.82) is 0 Å². The number of hydrazone groups is 1. The number of hydrogen-bond acceptors (Lipinski definition) is 7. The molecule has 0 aliphatic rings. The highest BCUT2D eigenvalue weighted by atomic mass is 35.5. The van der Waals surface area contributed by atoms with E-state index in [1.165, 1.54) is 17.6 Å². The van der Waals surface area contributed by atoms with Gasteiger partial charge in [0.2, 0.25) is 0 Å². The van der Waals surface area contributed by atoms with Crippen LogP contribution in [0.1, 0.15) is 15.2 Å². The van der Waals surface area contributed by atoms with E-state index in [9.17, 15) is 4.79 Å². The van der Waals surface area contributed by atoms with Crippen LogP contribution < -0.4 is 10.7 Å². The maximum Gasteiger partial charge on any atom is 0.272 e. The van der Waals surface area contributed by atoms with Gasteiger partial charge in [-0.25, -0.2) is 15.4 Å². The molecule has 0 unspecified atom stereocenters. The Labute approximate surface area is 204 Å². The Bertz CT molecular complexity index is 1490. The molecule has 2 N–H and O–H groups in total. The molecule has 2 aromatic carbocycles. The number of fused-ring (bicyclic) bond motifs is 1. The van der Waals surface area contributed by atoms with Crippen molar-refractivity contribution in [2.24, 2.45) is 5.10 Å². The van der Waals surface area contributed by atoms with E-state index in [1.807, 2.05) is 66.7 Å². The number of rotatable bonds is 6. The van der Waals surface area contributed by atoms with Crippen molar-refractivity contribution in [2.75, 3.05) is 5.32 Å². The van der Waals surface area contributed by atoms with Crippen molar-refractivity contribution >= 4 is 56.8 Å². The fourth-order valence-corrected chi connectivity index (χ4v) is 4.38. The van der Waals surface area contributed by atoms with E-state index >= 15 is 0 Å². The average molecular weight is 485 g/mol. The molecule has 166 valence electrons. The second kappa shape index (κ2) is 9.78. The minimum absolute atomic E-state index is 0.302. The van der Waals surface area contributed by atoms with Crippen molar-refractivity contribution in [3.63, 3.8) is 0 Å². The smallest absolute Gasteiger partial charge is 0.272 e. The Kier molecular flexibility index (Phi) is 6.24. The van der Waals surface area contributed by atoms with E-state index in [1.54, 1.807) is 18.5 Å². The van der Waals surface area contributed by atoms with Gasteiger partial charge in [-0.1, -0.05) is 59.3 Å². The number of carbonyl (C=O) groups excluding carboxylic acids is 1. The molecule has 0 atom stereocenters. The summed E-state index contributed by atoms with van der Waals surface area (Å²) in [5.41, 5.74) is 6.23. The van der Waals surface area contributed by atoms with Crippen molar-refractivity contribution in [3.8, 4) is 11.3 Å². The minimum Gasteiger partial charge on any atom is -0.331 e. The predicted molar refractivity (Wildman–Crippen MR) is 137 cm³/mol. The van der Waals surface area contributed by atoms with Gasteiger partial charge in [-0.3, -0.25) is 9.78 Å². The number of amides is 1. The molecule has 0 fully saturated rings. The molecule has 0 spiro atoms. The molecule has 0 saturated heterocycles. The molecule has 0 aliphatic carbocycles. The number of para-hydroxylation sites is 2. The summed E-state index contributed by atoms with van der Waals surface area (Å²) < 4.78 is 0. The van der Waals surface area contributed by atoms with Crippen LogP contribution in [0.3, 0.4) is 0 Å². The number of pyridine rings is 2. The lowest BCUT2D eigenvalue weighted by atomic mass is 10.0. The molecule has 0 bridgehead atoms. The molecular formula is C25H17ClN6OS. The van der Waals surface area contributed by atoms with Crippen LogP contribution in [0, 0.1) is 0 Å². The summed E-state index contributed by atoms with van der Waals surface area (Å²) in [6.07, 6.45) is 4.87. The van der Waals surface area contributed by atoms with E-state index in [-0.39, 0.29) is 5.91 Å². The van der Waals surface area contributed by atoms with Crippen LogP contribution in [0.25, 0.3) is 22.2 Å². The Morgan fingerprint density at radius 2 is 1.74 bits per heavy atom. The molecule has 7 nitrogen and oxygen atoms in total. The third-order valence-electron chi connectivity index (χ3n) is 4.92. The SMILES string of the molecule is O=C(N/N=C/c1sc(Nc2ccccc2)nc1Cl)c1cc(-c2ccncc2)nc2ccccc12. The van der Waals surface area contributed by atoms with Gasteiger partial charge in [0.1, 0.15) is 0 Å². The van der Waals surface area contributed by atoms with Gasteiger partial charge in [-0.15, -0.1) is 0 Å². The zero-order chi connectivity index (χ0) is 23.3. The van der Waals surface area contributed by atoms with E-state index in [0.29, 0.717) is 31.9 Å². The normalized spacial score (nSPS) is 11.1. The second-order valence-electron chi connectivity index (χ2n) is 7.17. The maximum atomic E-state index is 13.0. The fraction of sp³-hybridized carbons (Fsp3) is 0. The Hall–Kier alpha value is -4.14. The van der Waals surface area contributed by atoms with Gasteiger partial charge in [0.05, 0.1) is 27.9 Å². The standard InChI is InChI=1S/C25H17ClN6OS/c26-23-22(34-25(31-23)29-17-6-2-1-3-7-17)15-28-32-24(33)19-14-21(16-10-12-27-13-11-16)30-20-9-5-4-8-18(19)20/h1-15H,(H,29,31)(H,32,33)/b28-15+.